The standard InChI is InChI=1S/C23H20I2N2O4/c24-16-8-5-14(6-9-16)13-31-20-10-7-15(12-19(20)25)11-18-21(28)26-23(30)27(22(18)29)17-3-1-2-4-17/h5-12,17H,1-4,13H2,(H,26,28,30)/b18-11+. The highest BCUT2D eigenvalue weighted by atomic mass is 127. The van der Waals surface area contributed by atoms with Crippen molar-refractivity contribution in [2.75, 3.05) is 0 Å². The van der Waals surface area contributed by atoms with Crippen LogP contribution in [0.4, 0.5) is 4.79 Å². The number of nitrogens with one attached hydrogen (secondary N) is 1. The monoisotopic (exact) mass is 642 g/mol. The number of halogens is 2. The molecule has 8 heteroatoms. The number of carbonyl (C=O) groups is 3. The van der Waals surface area contributed by atoms with Gasteiger partial charge in [0.15, 0.2) is 0 Å². The van der Waals surface area contributed by atoms with Crippen LogP contribution < -0.4 is 10.1 Å². The maximum atomic E-state index is 12.9. The summed E-state index contributed by atoms with van der Waals surface area (Å²) in [5, 5.41) is 2.31. The van der Waals surface area contributed by atoms with Crippen LogP contribution in [-0.4, -0.2) is 28.8 Å². The Morgan fingerprint density at radius 2 is 1.74 bits per heavy atom. The number of hydrogen-bond acceptors (Lipinski definition) is 4. The van der Waals surface area contributed by atoms with Crippen molar-refractivity contribution in [3.8, 4) is 5.75 Å². The van der Waals surface area contributed by atoms with Gasteiger partial charge in [-0.1, -0.05) is 31.0 Å². The molecule has 1 aliphatic carbocycles. The minimum Gasteiger partial charge on any atom is -0.488 e. The lowest BCUT2D eigenvalue weighted by atomic mass is 10.1. The van der Waals surface area contributed by atoms with Crippen molar-refractivity contribution >= 4 is 69.1 Å². The normalized spacial score (nSPS) is 18.6. The van der Waals surface area contributed by atoms with E-state index in [4.69, 9.17) is 4.74 Å². The van der Waals surface area contributed by atoms with E-state index in [1.165, 1.54) is 14.5 Å². The molecule has 2 aromatic rings. The van der Waals surface area contributed by atoms with Gasteiger partial charge >= 0.3 is 6.03 Å². The van der Waals surface area contributed by atoms with E-state index in [0.717, 1.165) is 40.6 Å². The number of urea groups is 1. The van der Waals surface area contributed by atoms with Gasteiger partial charge in [0.25, 0.3) is 11.8 Å². The van der Waals surface area contributed by atoms with Gasteiger partial charge in [0, 0.05) is 9.61 Å². The maximum absolute atomic E-state index is 12.9. The number of carbonyl (C=O) groups excluding carboxylic acids is 3. The Morgan fingerprint density at radius 3 is 2.42 bits per heavy atom. The van der Waals surface area contributed by atoms with Crippen LogP contribution in [-0.2, 0) is 16.2 Å². The third-order valence-electron chi connectivity index (χ3n) is 5.40. The van der Waals surface area contributed by atoms with Gasteiger partial charge in [-0.15, -0.1) is 0 Å². The Hall–Kier alpha value is -1.95. The predicted molar refractivity (Wildman–Crippen MR) is 133 cm³/mol. The zero-order chi connectivity index (χ0) is 22.0. The highest BCUT2D eigenvalue weighted by molar-refractivity contribution is 14.1. The Morgan fingerprint density at radius 1 is 1.03 bits per heavy atom. The summed E-state index contributed by atoms with van der Waals surface area (Å²) >= 11 is 4.43. The summed E-state index contributed by atoms with van der Waals surface area (Å²) in [5.74, 6) is -0.448. The molecular formula is C23H20I2N2O4. The molecule has 2 fully saturated rings. The lowest BCUT2D eigenvalue weighted by molar-refractivity contribution is -0.131. The lowest BCUT2D eigenvalue weighted by Crippen LogP contribution is -2.57. The molecule has 1 saturated carbocycles. The van der Waals surface area contributed by atoms with Crippen molar-refractivity contribution in [1.29, 1.82) is 0 Å². The van der Waals surface area contributed by atoms with E-state index in [9.17, 15) is 14.4 Å². The van der Waals surface area contributed by atoms with E-state index in [-0.39, 0.29) is 11.6 Å². The molecule has 1 saturated heterocycles. The first-order chi connectivity index (χ1) is 14.9. The molecule has 4 rings (SSSR count). The Bertz CT molecular complexity index is 1060. The number of hydrogen-bond donors (Lipinski definition) is 1. The van der Waals surface area contributed by atoms with Gasteiger partial charge in [0.2, 0.25) is 0 Å². The predicted octanol–water partition coefficient (Wildman–Crippen LogP) is 4.88. The fourth-order valence-electron chi connectivity index (χ4n) is 3.80. The van der Waals surface area contributed by atoms with Crippen molar-refractivity contribution in [3.05, 3.63) is 66.3 Å². The molecular weight excluding hydrogens is 622 g/mol. The summed E-state index contributed by atoms with van der Waals surface area (Å²) < 4.78 is 7.95. The van der Waals surface area contributed by atoms with Crippen molar-refractivity contribution in [2.24, 2.45) is 0 Å². The molecule has 0 unspecified atom stereocenters. The molecule has 2 aliphatic rings. The summed E-state index contributed by atoms with van der Waals surface area (Å²) in [6.45, 7) is 0.451. The van der Waals surface area contributed by atoms with E-state index < -0.39 is 17.8 Å². The number of ether oxygens (including phenoxy) is 1. The smallest absolute Gasteiger partial charge is 0.331 e. The Kier molecular flexibility index (Phi) is 6.95. The topological polar surface area (TPSA) is 75.7 Å². The molecule has 1 N–H and O–H groups in total. The van der Waals surface area contributed by atoms with Crippen molar-refractivity contribution in [2.45, 2.75) is 38.3 Å². The van der Waals surface area contributed by atoms with E-state index in [1.807, 2.05) is 36.4 Å². The molecule has 31 heavy (non-hydrogen) atoms. The van der Waals surface area contributed by atoms with Crippen LogP contribution in [0.1, 0.15) is 36.8 Å². The quantitative estimate of drug-likeness (QED) is 0.287. The van der Waals surface area contributed by atoms with Crippen molar-refractivity contribution in [1.82, 2.24) is 10.2 Å². The van der Waals surface area contributed by atoms with Gasteiger partial charge < -0.3 is 4.74 Å². The molecule has 0 radical (unpaired) electrons. The molecule has 0 spiro atoms. The maximum Gasteiger partial charge on any atom is 0.331 e. The van der Waals surface area contributed by atoms with Gasteiger partial charge in [0.1, 0.15) is 17.9 Å². The van der Waals surface area contributed by atoms with Gasteiger partial charge in [0.05, 0.1) is 3.57 Å². The van der Waals surface area contributed by atoms with Gasteiger partial charge in [-0.05, 0) is 99.5 Å². The number of barbiturate groups is 1. The second kappa shape index (κ2) is 9.68. The molecule has 6 nitrogen and oxygen atoms in total. The molecule has 0 aromatic heterocycles. The fraction of sp³-hybridized carbons (Fsp3) is 0.261. The van der Waals surface area contributed by atoms with Gasteiger partial charge in [-0.25, -0.2) is 4.79 Å². The molecule has 160 valence electrons. The summed E-state index contributed by atoms with van der Waals surface area (Å²) in [5.41, 5.74) is 1.75. The summed E-state index contributed by atoms with van der Waals surface area (Å²) in [6, 6.07) is 12.8. The summed E-state index contributed by atoms with van der Waals surface area (Å²) in [4.78, 5) is 38.7. The SMILES string of the molecule is O=C1NC(=O)N(C2CCCC2)C(=O)/C1=C/c1ccc(OCc2ccc(I)cc2)c(I)c1. The van der Waals surface area contributed by atoms with Gasteiger partial charge in [-0.3, -0.25) is 19.8 Å². The number of imide groups is 2. The average molecular weight is 642 g/mol. The minimum absolute atomic E-state index is 0.0187. The van der Waals surface area contributed by atoms with Crippen LogP contribution in [0, 0.1) is 7.14 Å². The fourth-order valence-corrected chi connectivity index (χ4v) is 4.85. The second-order valence-corrected chi connectivity index (χ2v) is 9.94. The van der Waals surface area contributed by atoms with Crippen LogP contribution in [0.2, 0.25) is 0 Å². The number of rotatable bonds is 5. The van der Waals surface area contributed by atoms with E-state index in [0.29, 0.717) is 12.2 Å². The molecule has 4 amide bonds. The zero-order valence-corrected chi connectivity index (χ0v) is 20.9. The van der Waals surface area contributed by atoms with Crippen LogP contribution in [0.5, 0.6) is 5.75 Å². The average Bonchev–Trinajstić information content (AvgIpc) is 3.26. The van der Waals surface area contributed by atoms with Gasteiger partial charge in [-0.2, -0.15) is 0 Å². The van der Waals surface area contributed by atoms with E-state index in [2.05, 4.69) is 50.5 Å². The summed E-state index contributed by atoms with van der Waals surface area (Å²) in [7, 11) is 0. The molecule has 0 bridgehead atoms. The highest BCUT2D eigenvalue weighted by Crippen LogP contribution is 2.28. The molecule has 1 aliphatic heterocycles. The van der Waals surface area contributed by atoms with E-state index in [1.54, 1.807) is 6.07 Å². The largest absolute Gasteiger partial charge is 0.488 e. The van der Waals surface area contributed by atoms with Crippen molar-refractivity contribution < 1.29 is 19.1 Å². The van der Waals surface area contributed by atoms with Crippen molar-refractivity contribution in [3.63, 3.8) is 0 Å². The highest BCUT2D eigenvalue weighted by Gasteiger charge is 2.40. The van der Waals surface area contributed by atoms with Crippen LogP contribution >= 0.6 is 45.2 Å². The lowest BCUT2D eigenvalue weighted by Gasteiger charge is -2.31. The number of benzene rings is 2. The third-order valence-corrected chi connectivity index (χ3v) is 6.96. The molecule has 2 aromatic carbocycles. The van der Waals surface area contributed by atoms with Crippen LogP contribution in [0.15, 0.2) is 48.0 Å². The summed E-state index contributed by atoms with van der Waals surface area (Å²) in [6.07, 6.45) is 5.07. The number of nitrogens with zero attached hydrogens (tertiary/aromatic N) is 1. The number of amides is 4. The molecule has 0 atom stereocenters. The third kappa shape index (κ3) is 5.11. The first-order valence-corrected chi connectivity index (χ1v) is 12.2. The van der Waals surface area contributed by atoms with Crippen LogP contribution in [0.3, 0.4) is 0 Å². The van der Waals surface area contributed by atoms with E-state index >= 15 is 0 Å². The molecule has 1 heterocycles. The zero-order valence-electron chi connectivity index (χ0n) is 16.6. The first kappa shape index (κ1) is 22.3. The second-order valence-electron chi connectivity index (χ2n) is 7.54. The minimum atomic E-state index is -0.654. The first-order valence-electron chi connectivity index (χ1n) is 10.00. The Labute approximate surface area is 207 Å². The Balaban J connectivity index is 1.51. The van der Waals surface area contributed by atoms with Crippen LogP contribution in [0.25, 0.3) is 6.08 Å².